The molecule has 0 rings (SSSR count). The topological polar surface area (TPSA) is 54.4 Å². The van der Waals surface area contributed by atoms with Crippen LogP contribution in [0.1, 0.15) is 13.8 Å². The van der Waals surface area contributed by atoms with Gasteiger partial charge in [-0.05, 0) is 19.4 Å². The first-order valence-electron chi connectivity index (χ1n) is 2.64. The summed E-state index contributed by atoms with van der Waals surface area (Å²) in [6.07, 6.45) is 0. The van der Waals surface area contributed by atoms with E-state index in [9.17, 15) is 8.42 Å². The van der Waals surface area contributed by atoms with E-state index in [4.69, 9.17) is 4.55 Å². The maximum absolute atomic E-state index is 10.2. The van der Waals surface area contributed by atoms with E-state index < -0.39 is 10.1 Å². The minimum absolute atomic E-state index is 0.461. The van der Waals surface area contributed by atoms with E-state index in [-0.39, 0.29) is 0 Å². The fraction of sp³-hybridized carbons (Fsp3) is 0.333. The minimum Gasteiger partial charge on any atom is -0.282 e. The number of hydrogen-bond acceptors (Lipinski definition) is 2. The third-order valence-corrected chi connectivity index (χ3v) is 1.65. The third kappa shape index (κ3) is 4.29. The summed E-state index contributed by atoms with van der Waals surface area (Å²) in [5, 5.41) is 0.773. The van der Waals surface area contributed by atoms with Crippen molar-refractivity contribution in [3.8, 4) is 0 Å². The molecule has 0 aromatic heterocycles. The maximum Gasteiger partial charge on any atom is 0.287 e. The zero-order chi connectivity index (χ0) is 8.36. The Morgan fingerprint density at radius 1 is 1.50 bits per heavy atom. The lowest BCUT2D eigenvalue weighted by molar-refractivity contribution is 0.494. The molecule has 0 aromatic rings. The lowest BCUT2D eigenvalue weighted by Gasteiger charge is -1.94. The molecule has 0 spiro atoms. The zero-order valence-electron chi connectivity index (χ0n) is 5.96. The molecule has 10 heavy (non-hydrogen) atoms. The lowest BCUT2D eigenvalue weighted by Crippen LogP contribution is -1.92. The molecule has 0 saturated heterocycles. The number of hydrogen-bond donors (Lipinski definition) is 1. The van der Waals surface area contributed by atoms with Crippen molar-refractivity contribution in [3.05, 3.63) is 23.1 Å². The van der Waals surface area contributed by atoms with Crippen LogP contribution < -0.4 is 0 Å². The normalized spacial score (nSPS) is 13.3. The van der Waals surface area contributed by atoms with Gasteiger partial charge in [-0.15, -0.1) is 0 Å². The van der Waals surface area contributed by atoms with E-state index in [0.717, 1.165) is 5.41 Å². The van der Waals surface area contributed by atoms with Crippen LogP contribution in [-0.4, -0.2) is 13.0 Å². The highest BCUT2D eigenvalue weighted by Crippen LogP contribution is 2.06. The summed E-state index contributed by atoms with van der Waals surface area (Å²) in [5.41, 5.74) is 1.08. The van der Waals surface area contributed by atoms with Gasteiger partial charge in [0.1, 0.15) is 0 Å². The Morgan fingerprint density at radius 3 is 2.00 bits per heavy atom. The van der Waals surface area contributed by atoms with Gasteiger partial charge in [-0.3, -0.25) is 4.55 Å². The summed E-state index contributed by atoms with van der Waals surface area (Å²) in [7, 11) is -3.99. The van der Waals surface area contributed by atoms with Gasteiger partial charge in [0.2, 0.25) is 0 Å². The van der Waals surface area contributed by atoms with Crippen molar-refractivity contribution >= 4 is 10.1 Å². The predicted octanol–water partition coefficient (Wildman–Crippen LogP) is 1.35. The quantitative estimate of drug-likeness (QED) is 0.492. The van der Waals surface area contributed by atoms with Crippen molar-refractivity contribution in [1.82, 2.24) is 0 Å². The number of allylic oxidation sites excluding steroid dienone is 2. The minimum atomic E-state index is -3.99. The van der Waals surface area contributed by atoms with E-state index in [1.165, 1.54) is 0 Å². The second kappa shape index (κ2) is 2.98. The van der Waals surface area contributed by atoms with Crippen molar-refractivity contribution < 1.29 is 13.0 Å². The van der Waals surface area contributed by atoms with Crippen LogP contribution >= 0.6 is 0 Å². The molecule has 3 nitrogen and oxygen atoms in total. The SMILES string of the molecule is C=C(C)/C(C)=C/S(=O)(=O)O. The van der Waals surface area contributed by atoms with E-state index in [1.807, 2.05) is 0 Å². The summed E-state index contributed by atoms with van der Waals surface area (Å²) < 4.78 is 28.7. The fourth-order valence-electron chi connectivity index (χ4n) is 0.324. The summed E-state index contributed by atoms with van der Waals surface area (Å²) in [6, 6.07) is 0. The molecule has 0 heterocycles. The van der Waals surface area contributed by atoms with Crippen molar-refractivity contribution in [1.29, 1.82) is 0 Å². The monoisotopic (exact) mass is 162 g/mol. The first kappa shape index (κ1) is 9.39. The summed E-state index contributed by atoms with van der Waals surface area (Å²) in [4.78, 5) is 0. The Kier molecular flexibility index (Phi) is 2.80. The molecule has 0 aliphatic carbocycles. The molecule has 0 fully saturated rings. The molecule has 0 amide bonds. The molecule has 0 saturated carbocycles. The highest BCUT2D eigenvalue weighted by Gasteiger charge is 1.99. The predicted molar refractivity (Wildman–Crippen MR) is 40.1 cm³/mol. The lowest BCUT2D eigenvalue weighted by atomic mass is 10.2. The van der Waals surface area contributed by atoms with E-state index in [0.29, 0.717) is 11.1 Å². The Bertz CT molecular complexity index is 259. The van der Waals surface area contributed by atoms with E-state index in [2.05, 4.69) is 6.58 Å². The van der Waals surface area contributed by atoms with Crippen LogP contribution in [0.5, 0.6) is 0 Å². The molecular weight excluding hydrogens is 152 g/mol. The van der Waals surface area contributed by atoms with Crippen molar-refractivity contribution in [2.45, 2.75) is 13.8 Å². The molecule has 0 atom stereocenters. The molecule has 0 aromatic carbocycles. The van der Waals surface area contributed by atoms with Gasteiger partial charge in [0.05, 0.1) is 5.41 Å². The highest BCUT2D eigenvalue weighted by atomic mass is 32.2. The van der Waals surface area contributed by atoms with Gasteiger partial charge in [-0.2, -0.15) is 8.42 Å². The Labute approximate surface area is 60.8 Å². The summed E-state index contributed by atoms with van der Waals surface area (Å²) in [6.45, 7) is 6.72. The van der Waals surface area contributed by atoms with Crippen LogP contribution in [0.15, 0.2) is 23.1 Å². The standard InChI is InChI=1S/C6H10O3S/c1-5(2)6(3)4-10(7,8)9/h4H,1H2,2-3H3,(H,7,8,9)/b6-4+. The van der Waals surface area contributed by atoms with E-state index >= 15 is 0 Å². The molecule has 0 aliphatic heterocycles. The van der Waals surface area contributed by atoms with Crippen LogP contribution in [-0.2, 0) is 10.1 Å². The van der Waals surface area contributed by atoms with E-state index in [1.54, 1.807) is 13.8 Å². The first-order valence-corrected chi connectivity index (χ1v) is 4.15. The Morgan fingerprint density at radius 2 is 1.90 bits per heavy atom. The fourth-order valence-corrected chi connectivity index (χ4v) is 0.972. The van der Waals surface area contributed by atoms with Crippen LogP contribution in [0, 0.1) is 0 Å². The zero-order valence-corrected chi connectivity index (χ0v) is 6.77. The van der Waals surface area contributed by atoms with Crippen molar-refractivity contribution in [3.63, 3.8) is 0 Å². The van der Waals surface area contributed by atoms with Crippen molar-refractivity contribution in [2.75, 3.05) is 0 Å². The van der Waals surface area contributed by atoms with Crippen molar-refractivity contribution in [2.24, 2.45) is 0 Å². The molecule has 0 aliphatic rings. The van der Waals surface area contributed by atoms with Gasteiger partial charge in [0.15, 0.2) is 0 Å². The van der Waals surface area contributed by atoms with Gasteiger partial charge in [-0.25, -0.2) is 0 Å². The van der Waals surface area contributed by atoms with Crippen LogP contribution in [0.25, 0.3) is 0 Å². The number of rotatable bonds is 2. The largest absolute Gasteiger partial charge is 0.287 e. The molecular formula is C6H10O3S. The molecule has 0 bridgehead atoms. The van der Waals surface area contributed by atoms with Gasteiger partial charge < -0.3 is 0 Å². The second-order valence-electron chi connectivity index (χ2n) is 2.10. The smallest absolute Gasteiger partial charge is 0.282 e. The second-order valence-corrected chi connectivity index (χ2v) is 3.36. The van der Waals surface area contributed by atoms with Gasteiger partial charge in [-0.1, -0.05) is 12.2 Å². The van der Waals surface area contributed by atoms with Crippen LogP contribution in [0.2, 0.25) is 0 Å². The van der Waals surface area contributed by atoms with Gasteiger partial charge in [0, 0.05) is 0 Å². The maximum atomic E-state index is 10.2. The molecule has 1 N–H and O–H groups in total. The van der Waals surface area contributed by atoms with Gasteiger partial charge in [0.25, 0.3) is 10.1 Å². The Balaban J connectivity index is 4.66. The van der Waals surface area contributed by atoms with Crippen LogP contribution in [0.4, 0.5) is 0 Å². The highest BCUT2D eigenvalue weighted by molar-refractivity contribution is 7.88. The average molecular weight is 162 g/mol. The van der Waals surface area contributed by atoms with Gasteiger partial charge >= 0.3 is 0 Å². The molecule has 4 heteroatoms. The Hall–Kier alpha value is -0.610. The molecule has 0 radical (unpaired) electrons. The first-order chi connectivity index (χ1) is 4.33. The van der Waals surface area contributed by atoms with Crippen LogP contribution in [0.3, 0.4) is 0 Å². The summed E-state index contributed by atoms with van der Waals surface area (Å²) >= 11 is 0. The molecule has 0 unspecified atom stereocenters. The molecule has 58 valence electrons. The third-order valence-electron chi connectivity index (χ3n) is 0.999. The summed E-state index contributed by atoms with van der Waals surface area (Å²) in [5.74, 6) is 0. The average Bonchev–Trinajstić information content (AvgIpc) is 1.60.